The Labute approximate surface area is 73.0 Å². The smallest absolute Gasteiger partial charge is 0.156 e. The van der Waals surface area contributed by atoms with Crippen molar-refractivity contribution < 1.29 is 5.21 Å². The summed E-state index contributed by atoms with van der Waals surface area (Å²) in [4.78, 5) is 2.27. The van der Waals surface area contributed by atoms with Crippen molar-refractivity contribution in [2.24, 2.45) is 10.9 Å². The quantitative estimate of drug-likeness (QED) is 0.283. The lowest BCUT2D eigenvalue weighted by atomic mass is 10.2. The normalized spacial score (nSPS) is 26.4. The molecule has 0 radical (unpaired) electrons. The first kappa shape index (κ1) is 9.32. The number of nitrogens with zero attached hydrogens (tertiary/aromatic N) is 2. The number of oxime groups is 1. The fourth-order valence-corrected chi connectivity index (χ4v) is 1.78. The van der Waals surface area contributed by atoms with Crippen LogP contribution in [0.4, 0.5) is 0 Å². The molecule has 1 fully saturated rings. The van der Waals surface area contributed by atoms with Gasteiger partial charge < -0.3 is 10.9 Å². The van der Waals surface area contributed by atoms with Crippen LogP contribution in [0.1, 0.15) is 26.2 Å². The molecule has 0 spiro atoms. The van der Waals surface area contributed by atoms with Crippen molar-refractivity contribution in [3.63, 3.8) is 0 Å². The minimum absolute atomic E-state index is 0.176. The number of rotatable bonds is 3. The zero-order valence-corrected chi connectivity index (χ0v) is 7.53. The largest absolute Gasteiger partial charge is 0.409 e. The fourth-order valence-electron chi connectivity index (χ4n) is 1.78. The molecule has 0 bridgehead atoms. The monoisotopic (exact) mass is 171 g/mol. The van der Waals surface area contributed by atoms with Crippen LogP contribution in [-0.4, -0.2) is 35.1 Å². The van der Waals surface area contributed by atoms with E-state index in [0.717, 1.165) is 32.4 Å². The number of likely N-dealkylation sites (tertiary alicyclic amines) is 1. The minimum atomic E-state index is 0.176. The Morgan fingerprint density at radius 2 is 2.50 bits per heavy atom. The summed E-state index contributed by atoms with van der Waals surface area (Å²) in [5.41, 5.74) is 5.56. The zero-order valence-electron chi connectivity index (χ0n) is 7.53. The van der Waals surface area contributed by atoms with Gasteiger partial charge in [0.05, 0.1) is 6.04 Å². The topological polar surface area (TPSA) is 61.8 Å². The summed E-state index contributed by atoms with van der Waals surface area (Å²) >= 11 is 0. The second kappa shape index (κ2) is 4.30. The lowest BCUT2D eigenvalue weighted by molar-refractivity contribution is 0.281. The van der Waals surface area contributed by atoms with E-state index in [1.165, 1.54) is 0 Å². The van der Waals surface area contributed by atoms with Crippen LogP contribution in [0.5, 0.6) is 0 Å². The Bertz CT molecular complexity index is 170. The third-order valence-corrected chi connectivity index (χ3v) is 2.33. The summed E-state index contributed by atoms with van der Waals surface area (Å²) in [6.07, 6.45) is 3.30. The molecule has 1 aliphatic heterocycles. The molecule has 0 aromatic rings. The summed E-state index contributed by atoms with van der Waals surface area (Å²) < 4.78 is 0. The van der Waals surface area contributed by atoms with E-state index in [4.69, 9.17) is 10.9 Å². The van der Waals surface area contributed by atoms with Gasteiger partial charge in [0.2, 0.25) is 0 Å². The van der Waals surface area contributed by atoms with Crippen LogP contribution in [0.15, 0.2) is 5.16 Å². The number of hydrogen-bond acceptors (Lipinski definition) is 3. The van der Waals surface area contributed by atoms with Crippen LogP contribution in [0.3, 0.4) is 0 Å². The number of hydrogen-bond donors (Lipinski definition) is 2. The van der Waals surface area contributed by atoms with Gasteiger partial charge in [0.15, 0.2) is 5.84 Å². The molecular formula is C8H17N3O. The van der Waals surface area contributed by atoms with Crippen molar-refractivity contribution in [3.05, 3.63) is 0 Å². The van der Waals surface area contributed by atoms with E-state index in [-0.39, 0.29) is 6.04 Å². The van der Waals surface area contributed by atoms with E-state index < -0.39 is 0 Å². The number of amidine groups is 1. The highest BCUT2D eigenvalue weighted by atomic mass is 16.4. The molecule has 12 heavy (non-hydrogen) atoms. The van der Waals surface area contributed by atoms with Gasteiger partial charge in [0, 0.05) is 0 Å². The molecule has 3 N–H and O–H groups in total. The molecule has 70 valence electrons. The molecule has 1 saturated heterocycles. The first-order valence-electron chi connectivity index (χ1n) is 4.51. The molecule has 1 rings (SSSR count). The van der Waals surface area contributed by atoms with E-state index in [1.807, 2.05) is 0 Å². The van der Waals surface area contributed by atoms with Gasteiger partial charge >= 0.3 is 0 Å². The van der Waals surface area contributed by atoms with Crippen LogP contribution in [-0.2, 0) is 0 Å². The van der Waals surface area contributed by atoms with Gasteiger partial charge in [-0.05, 0) is 32.4 Å². The average Bonchev–Trinajstić information content (AvgIpc) is 2.52. The highest BCUT2D eigenvalue weighted by molar-refractivity contribution is 5.85. The first-order chi connectivity index (χ1) is 5.79. The van der Waals surface area contributed by atoms with Gasteiger partial charge in [-0.25, -0.2) is 0 Å². The maximum absolute atomic E-state index is 8.52. The number of nitrogens with two attached hydrogens (primary N) is 1. The highest BCUT2D eigenvalue weighted by Crippen LogP contribution is 2.16. The van der Waals surface area contributed by atoms with Gasteiger partial charge in [-0.3, -0.25) is 4.90 Å². The van der Waals surface area contributed by atoms with Gasteiger partial charge in [-0.15, -0.1) is 0 Å². The van der Waals surface area contributed by atoms with Gasteiger partial charge in [0.1, 0.15) is 0 Å². The predicted octanol–water partition coefficient (Wildman–Crippen LogP) is 0.607. The lowest BCUT2D eigenvalue weighted by Crippen LogP contribution is -2.40. The molecule has 0 saturated carbocycles. The Kier molecular flexibility index (Phi) is 3.34. The third-order valence-electron chi connectivity index (χ3n) is 2.33. The predicted molar refractivity (Wildman–Crippen MR) is 48.3 cm³/mol. The van der Waals surface area contributed by atoms with Crippen LogP contribution in [0.2, 0.25) is 0 Å². The lowest BCUT2D eigenvalue weighted by Gasteiger charge is -2.22. The molecule has 1 atom stereocenters. The van der Waals surface area contributed by atoms with Crippen LogP contribution in [0.25, 0.3) is 0 Å². The highest BCUT2D eigenvalue weighted by Gasteiger charge is 2.26. The maximum atomic E-state index is 8.52. The first-order valence-corrected chi connectivity index (χ1v) is 4.51. The standard InChI is InChI=1S/C8H17N3O/c1-2-5-11-6-3-4-7(11)8(9)10-12/h7,12H,2-6H2,1H3,(H2,9,10). The van der Waals surface area contributed by atoms with E-state index in [2.05, 4.69) is 17.0 Å². The summed E-state index contributed by atoms with van der Waals surface area (Å²) in [7, 11) is 0. The average molecular weight is 171 g/mol. The van der Waals surface area contributed by atoms with Gasteiger partial charge in [0.25, 0.3) is 0 Å². The second-order valence-corrected chi connectivity index (χ2v) is 3.22. The van der Waals surface area contributed by atoms with E-state index in [9.17, 15) is 0 Å². The summed E-state index contributed by atoms with van der Waals surface area (Å²) in [6.45, 7) is 4.26. The SMILES string of the molecule is CCCN1CCCC1C(N)=NO. The van der Waals surface area contributed by atoms with E-state index >= 15 is 0 Å². The van der Waals surface area contributed by atoms with Crippen molar-refractivity contribution >= 4 is 5.84 Å². The van der Waals surface area contributed by atoms with Crippen molar-refractivity contribution in [1.82, 2.24) is 4.90 Å². The minimum Gasteiger partial charge on any atom is -0.409 e. The molecule has 4 heteroatoms. The van der Waals surface area contributed by atoms with Crippen molar-refractivity contribution in [2.45, 2.75) is 32.2 Å². The summed E-state index contributed by atoms with van der Waals surface area (Å²) in [5.74, 6) is 0.362. The molecule has 1 heterocycles. The van der Waals surface area contributed by atoms with Crippen molar-refractivity contribution in [3.8, 4) is 0 Å². The molecule has 4 nitrogen and oxygen atoms in total. The molecule has 0 aromatic carbocycles. The van der Waals surface area contributed by atoms with Gasteiger partial charge in [-0.2, -0.15) is 0 Å². The van der Waals surface area contributed by atoms with Crippen LogP contribution in [0, 0.1) is 0 Å². The zero-order chi connectivity index (χ0) is 8.97. The molecule has 0 aromatic heterocycles. The maximum Gasteiger partial charge on any atom is 0.156 e. The molecule has 0 aliphatic carbocycles. The van der Waals surface area contributed by atoms with E-state index in [0.29, 0.717) is 5.84 Å². The van der Waals surface area contributed by atoms with Crippen molar-refractivity contribution in [2.75, 3.05) is 13.1 Å². The molecular weight excluding hydrogens is 154 g/mol. The summed E-state index contributed by atoms with van der Waals surface area (Å²) in [5, 5.41) is 11.6. The van der Waals surface area contributed by atoms with Crippen LogP contribution < -0.4 is 5.73 Å². The molecule has 1 unspecified atom stereocenters. The Morgan fingerprint density at radius 3 is 3.08 bits per heavy atom. The Morgan fingerprint density at radius 1 is 1.75 bits per heavy atom. The van der Waals surface area contributed by atoms with Crippen molar-refractivity contribution in [1.29, 1.82) is 0 Å². The van der Waals surface area contributed by atoms with Gasteiger partial charge in [-0.1, -0.05) is 12.1 Å². The summed E-state index contributed by atoms with van der Waals surface area (Å²) in [6, 6.07) is 0.176. The Balaban J connectivity index is 2.51. The Hall–Kier alpha value is -0.770. The second-order valence-electron chi connectivity index (χ2n) is 3.22. The third kappa shape index (κ3) is 1.88. The fraction of sp³-hybridized carbons (Fsp3) is 0.875. The molecule has 1 aliphatic rings. The van der Waals surface area contributed by atoms with E-state index in [1.54, 1.807) is 0 Å². The van der Waals surface area contributed by atoms with Crippen LogP contribution >= 0.6 is 0 Å². The molecule has 0 amide bonds.